The molecule has 2 aromatic rings. The molecule has 0 saturated heterocycles. The lowest BCUT2D eigenvalue weighted by molar-refractivity contribution is 0.0593. The number of ether oxygens (including phenoxy) is 2. The first-order valence-corrected chi connectivity index (χ1v) is 6.23. The summed E-state index contributed by atoms with van der Waals surface area (Å²) in [6, 6.07) is 9.90. The van der Waals surface area contributed by atoms with Crippen LogP contribution in [0.15, 0.2) is 36.5 Å². The molecule has 0 unspecified atom stereocenters. The van der Waals surface area contributed by atoms with E-state index in [9.17, 15) is 4.79 Å². The van der Waals surface area contributed by atoms with Gasteiger partial charge in [0.2, 0.25) is 0 Å². The maximum absolute atomic E-state index is 11.4. The van der Waals surface area contributed by atoms with Crippen LogP contribution in [0.4, 0.5) is 5.69 Å². The van der Waals surface area contributed by atoms with Crippen LogP contribution in [-0.2, 0) is 22.6 Å². The van der Waals surface area contributed by atoms with Gasteiger partial charge in [0.05, 0.1) is 32.6 Å². The number of methoxy groups -OCH3 is 1. The van der Waals surface area contributed by atoms with Gasteiger partial charge in [0.15, 0.2) is 5.69 Å². The van der Waals surface area contributed by atoms with Gasteiger partial charge in [-0.15, -0.1) is 0 Å². The molecule has 0 radical (unpaired) electrons. The van der Waals surface area contributed by atoms with Crippen molar-refractivity contribution in [1.82, 2.24) is 9.78 Å². The third-order valence-electron chi connectivity index (χ3n) is 2.75. The number of nitrogens with zero attached hydrogens (tertiary/aromatic N) is 2. The Bertz CT molecular complexity index is 566. The van der Waals surface area contributed by atoms with Crippen LogP contribution in [0.1, 0.15) is 16.1 Å². The quantitative estimate of drug-likeness (QED) is 0.638. The van der Waals surface area contributed by atoms with Crippen LogP contribution in [0.3, 0.4) is 0 Å². The molecule has 0 spiro atoms. The second kappa shape index (κ2) is 6.72. The number of rotatable bonds is 6. The molecule has 6 heteroatoms. The molecule has 1 heterocycles. The molecule has 0 bridgehead atoms. The SMILES string of the molecule is COC(=O)c1nn(CCOCc2ccccc2)cc1N. The summed E-state index contributed by atoms with van der Waals surface area (Å²) in [6.07, 6.45) is 1.60. The molecule has 0 amide bonds. The van der Waals surface area contributed by atoms with Gasteiger partial charge >= 0.3 is 5.97 Å². The predicted molar refractivity (Wildman–Crippen MR) is 74.1 cm³/mol. The number of nitrogens with two attached hydrogens (primary N) is 1. The van der Waals surface area contributed by atoms with E-state index in [1.807, 2.05) is 30.3 Å². The number of benzene rings is 1. The first-order valence-electron chi connectivity index (χ1n) is 6.23. The first-order chi connectivity index (χ1) is 9.70. The minimum atomic E-state index is -0.536. The fourth-order valence-corrected chi connectivity index (χ4v) is 1.73. The van der Waals surface area contributed by atoms with Crippen molar-refractivity contribution in [2.24, 2.45) is 0 Å². The third kappa shape index (κ3) is 3.58. The number of esters is 1. The second-order valence-corrected chi connectivity index (χ2v) is 4.23. The third-order valence-corrected chi connectivity index (χ3v) is 2.75. The summed E-state index contributed by atoms with van der Waals surface area (Å²) in [4.78, 5) is 11.4. The van der Waals surface area contributed by atoms with Crippen LogP contribution in [0.2, 0.25) is 0 Å². The Morgan fingerprint density at radius 1 is 1.35 bits per heavy atom. The summed E-state index contributed by atoms with van der Waals surface area (Å²) in [5.74, 6) is -0.536. The topological polar surface area (TPSA) is 79.4 Å². The highest BCUT2D eigenvalue weighted by Gasteiger charge is 2.14. The summed E-state index contributed by atoms with van der Waals surface area (Å²) in [7, 11) is 1.30. The number of hydrogen-bond donors (Lipinski definition) is 1. The lowest BCUT2D eigenvalue weighted by Gasteiger charge is -2.04. The monoisotopic (exact) mass is 275 g/mol. The van der Waals surface area contributed by atoms with Crippen LogP contribution in [0.5, 0.6) is 0 Å². The molecule has 0 aliphatic carbocycles. The van der Waals surface area contributed by atoms with Gasteiger partial charge in [0, 0.05) is 6.20 Å². The Kier molecular flexibility index (Phi) is 4.73. The standard InChI is InChI=1S/C14H17N3O3/c1-19-14(18)13-12(15)9-17(16-13)7-8-20-10-11-5-3-2-4-6-11/h2-6,9H,7-8,10,15H2,1H3. The minimum absolute atomic E-state index is 0.135. The molecule has 0 aliphatic heterocycles. The molecule has 2 rings (SSSR count). The smallest absolute Gasteiger partial charge is 0.360 e. The molecule has 0 fully saturated rings. The summed E-state index contributed by atoms with van der Waals surface area (Å²) >= 11 is 0. The zero-order valence-electron chi connectivity index (χ0n) is 11.3. The zero-order chi connectivity index (χ0) is 14.4. The lowest BCUT2D eigenvalue weighted by Crippen LogP contribution is -2.09. The van der Waals surface area contributed by atoms with Crippen LogP contribution in [-0.4, -0.2) is 29.5 Å². The number of nitrogen functional groups attached to an aromatic ring is 1. The summed E-state index contributed by atoms with van der Waals surface area (Å²) in [6.45, 7) is 1.55. The van der Waals surface area contributed by atoms with Gasteiger partial charge in [-0.1, -0.05) is 30.3 Å². The van der Waals surface area contributed by atoms with Crippen LogP contribution in [0, 0.1) is 0 Å². The molecule has 0 saturated carbocycles. The van der Waals surface area contributed by atoms with Gasteiger partial charge in [-0.3, -0.25) is 4.68 Å². The van der Waals surface area contributed by atoms with Crippen molar-refractivity contribution in [2.75, 3.05) is 19.5 Å². The summed E-state index contributed by atoms with van der Waals surface area (Å²) in [5, 5.41) is 4.06. The van der Waals surface area contributed by atoms with E-state index >= 15 is 0 Å². The molecule has 20 heavy (non-hydrogen) atoms. The van der Waals surface area contributed by atoms with Crippen LogP contribution >= 0.6 is 0 Å². The Morgan fingerprint density at radius 3 is 2.80 bits per heavy atom. The highest BCUT2D eigenvalue weighted by atomic mass is 16.5. The number of aromatic nitrogens is 2. The normalized spacial score (nSPS) is 10.4. The number of hydrogen-bond acceptors (Lipinski definition) is 5. The van der Waals surface area contributed by atoms with E-state index in [1.165, 1.54) is 7.11 Å². The maximum atomic E-state index is 11.4. The van der Waals surface area contributed by atoms with Crippen molar-refractivity contribution in [2.45, 2.75) is 13.2 Å². The Morgan fingerprint density at radius 2 is 2.10 bits per heavy atom. The summed E-state index contributed by atoms with van der Waals surface area (Å²) in [5.41, 5.74) is 7.24. The molecule has 0 atom stereocenters. The van der Waals surface area contributed by atoms with E-state index in [4.69, 9.17) is 10.5 Å². The van der Waals surface area contributed by atoms with Crippen molar-refractivity contribution in [3.63, 3.8) is 0 Å². The van der Waals surface area contributed by atoms with E-state index < -0.39 is 5.97 Å². The molecule has 0 aliphatic rings. The minimum Gasteiger partial charge on any atom is -0.464 e. The molecule has 2 N–H and O–H groups in total. The van der Waals surface area contributed by atoms with Gasteiger partial charge in [-0.2, -0.15) is 5.10 Å². The van der Waals surface area contributed by atoms with Crippen molar-refractivity contribution in [1.29, 1.82) is 0 Å². The van der Waals surface area contributed by atoms with E-state index in [0.29, 0.717) is 25.4 Å². The van der Waals surface area contributed by atoms with Crippen LogP contribution in [0.25, 0.3) is 0 Å². The van der Waals surface area contributed by atoms with Gasteiger partial charge in [0.1, 0.15) is 0 Å². The van der Waals surface area contributed by atoms with Gasteiger partial charge in [-0.05, 0) is 5.56 Å². The van der Waals surface area contributed by atoms with Gasteiger partial charge < -0.3 is 15.2 Å². The number of carbonyl (C=O) groups excluding carboxylic acids is 1. The fourth-order valence-electron chi connectivity index (χ4n) is 1.73. The predicted octanol–water partition coefficient (Wildman–Crippen LogP) is 1.47. The van der Waals surface area contributed by atoms with Crippen molar-refractivity contribution < 1.29 is 14.3 Å². The first kappa shape index (κ1) is 14.1. The summed E-state index contributed by atoms with van der Waals surface area (Å²) < 4.78 is 11.7. The highest BCUT2D eigenvalue weighted by molar-refractivity contribution is 5.92. The fraction of sp³-hybridized carbons (Fsp3) is 0.286. The average molecular weight is 275 g/mol. The molecular weight excluding hydrogens is 258 g/mol. The molecule has 1 aromatic heterocycles. The van der Waals surface area contributed by atoms with E-state index in [-0.39, 0.29) is 5.69 Å². The zero-order valence-corrected chi connectivity index (χ0v) is 11.3. The van der Waals surface area contributed by atoms with Crippen molar-refractivity contribution >= 4 is 11.7 Å². The van der Waals surface area contributed by atoms with Gasteiger partial charge in [-0.25, -0.2) is 4.79 Å². The molecule has 1 aromatic carbocycles. The van der Waals surface area contributed by atoms with Gasteiger partial charge in [0.25, 0.3) is 0 Å². The highest BCUT2D eigenvalue weighted by Crippen LogP contribution is 2.10. The number of carbonyl (C=O) groups is 1. The van der Waals surface area contributed by atoms with Crippen molar-refractivity contribution in [3.8, 4) is 0 Å². The Hall–Kier alpha value is -2.34. The molecule has 6 nitrogen and oxygen atoms in total. The Labute approximate surface area is 117 Å². The Balaban J connectivity index is 1.81. The molecular formula is C14H17N3O3. The second-order valence-electron chi connectivity index (χ2n) is 4.23. The average Bonchev–Trinajstić information content (AvgIpc) is 2.85. The largest absolute Gasteiger partial charge is 0.464 e. The lowest BCUT2D eigenvalue weighted by atomic mass is 10.2. The van der Waals surface area contributed by atoms with E-state index in [1.54, 1.807) is 10.9 Å². The van der Waals surface area contributed by atoms with Crippen molar-refractivity contribution in [3.05, 3.63) is 47.8 Å². The van der Waals surface area contributed by atoms with Crippen LogP contribution < -0.4 is 5.73 Å². The molecule has 106 valence electrons. The number of anilines is 1. The van der Waals surface area contributed by atoms with E-state index in [0.717, 1.165) is 5.56 Å². The van der Waals surface area contributed by atoms with E-state index in [2.05, 4.69) is 9.84 Å². The maximum Gasteiger partial charge on any atom is 0.360 e.